The molecule has 2 unspecified atom stereocenters. The van der Waals surface area contributed by atoms with Crippen LogP contribution in [0, 0.1) is 5.92 Å². The summed E-state index contributed by atoms with van der Waals surface area (Å²) in [6.07, 6.45) is 2.33. The Bertz CT molecular complexity index is 1100. The molecule has 2 atom stereocenters. The van der Waals surface area contributed by atoms with Gasteiger partial charge < -0.3 is 20.1 Å². The molecule has 0 radical (unpaired) electrons. The lowest BCUT2D eigenvalue weighted by molar-refractivity contribution is -0.129. The quantitative estimate of drug-likeness (QED) is 0.598. The predicted octanol–water partition coefficient (Wildman–Crippen LogP) is 3.74. The van der Waals surface area contributed by atoms with Gasteiger partial charge in [0.15, 0.2) is 0 Å². The van der Waals surface area contributed by atoms with Crippen molar-refractivity contribution in [1.29, 1.82) is 0 Å². The molecule has 1 aliphatic heterocycles. The normalized spacial score (nSPS) is 17.2. The first-order valence-corrected chi connectivity index (χ1v) is 11.3. The molecule has 3 aromatic rings. The topological polar surface area (TPSA) is 68.4 Å². The number of nitrogens with zero attached hydrogens (tertiary/aromatic N) is 2. The van der Waals surface area contributed by atoms with Crippen LogP contribution in [0.3, 0.4) is 0 Å². The number of rotatable bonds is 7. The Balaban J connectivity index is 1.57. The second-order valence-electron chi connectivity index (χ2n) is 9.11. The highest BCUT2D eigenvalue weighted by Gasteiger charge is 2.35. The van der Waals surface area contributed by atoms with Crippen molar-refractivity contribution in [2.75, 3.05) is 32.1 Å². The highest BCUT2D eigenvalue weighted by atomic mass is 16.2. The van der Waals surface area contributed by atoms with Gasteiger partial charge in [-0.1, -0.05) is 30.3 Å². The van der Waals surface area contributed by atoms with Crippen molar-refractivity contribution < 1.29 is 9.59 Å². The Hall–Kier alpha value is -3.28. The van der Waals surface area contributed by atoms with Crippen LogP contribution < -0.4 is 10.2 Å². The van der Waals surface area contributed by atoms with E-state index in [1.54, 1.807) is 4.90 Å². The third-order valence-corrected chi connectivity index (χ3v) is 6.44. The summed E-state index contributed by atoms with van der Waals surface area (Å²) in [6, 6.07) is 16.8. The number of H-pyrrole nitrogens is 1. The number of aromatic amines is 1. The zero-order chi connectivity index (χ0) is 22.8. The minimum Gasteiger partial charge on any atom is -0.378 e. The van der Waals surface area contributed by atoms with E-state index in [4.69, 9.17) is 0 Å². The average Bonchev–Trinajstić information content (AvgIpc) is 3.38. The van der Waals surface area contributed by atoms with Crippen LogP contribution in [-0.2, 0) is 9.59 Å². The average molecular weight is 433 g/mol. The first kappa shape index (κ1) is 21.9. The van der Waals surface area contributed by atoms with Crippen molar-refractivity contribution in [2.24, 2.45) is 5.92 Å². The van der Waals surface area contributed by atoms with Crippen molar-refractivity contribution in [3.63, 3.8) is 0 Å². The number of para-hydroxylation sites is 1. The van der Waals surface area contributed by atoms with Crippen molar-refractivity contribution in [3.05, 3.63) is 65.9 Å². The van der Waals surface area contributed by atoms with Crippen LogP contribution in [0.15, 0.2) is 54.7 Å². The van der Waals surface area contributed by atoms with Crippen LogP contribution in [0.4, 0.5) is 5.69 Å². The Labute approximate surface area is 189 Å². The first-order chi connectivity index (χ1) is 15.3. The lowest BCUT2D eigenvalue weighted by Crippen LogP contribution is -2.37. The molecule has 0 spiro atoms. The molecule has 2 amide bonds. The third kappa shape index (κ3) is 4.35. The lowest BCUT2D eigenvalue weighted by Gasteiger charge is -2.22. The Kier molecular flexibility index (Phi) is 6.21. The van der Waals surface area contributed by atoms with E-state index in [9.17, 15) is 9.59 Å². The molecule has 2 N–H and O–H groups in total. The summed E-state index contributed by atoms with van der Waals surface area (Å²) in [5, 5.41) is 4.31. The smallest absolute Gasteiger partial charge is 0.225 e. The number of fused-ring (bicyclic) bond motifs is 1. The molecule has 1 aliphatic rings. The van der Waals surface area contributed by atoms with Gasteiger partial charge in [0.2, 0.25) is 11.8 Å². The van der Waals surface area contributed by atoms with Crippen molar-refractivity contribution >= 4 is 28.4 Å². The molecule has 32 heavy (non-hydrogen) atoms. The van der Waals surface area contributed by atoms with E-state index in [0.29, 0.717) is 19.5 Å². The zero-order valence-electron chi connectivity index (χ0n) is 19.3. The number of benzene rings is 2. The molecule has 1 saturated heterocycles. The van der Waals surface area contributed by atoms with E-state index in [1.807, 2.05) is 46.3 Å². The van der Waals surface area contributed by atoms with E-state index in [1.165, 1.54) is 0 Å². The molecule has 0 bridgehead atoms. The third-order valence-electron chi connectivity index (χ3n) is 6.44. The molecular weight excluding hydrogens is 400 g/mol. The summed E-state index contributed by atoms with van der Waals surface area (Å²) in [6.45, 7) is 4.96. The van der Waals surface area contributed by atoms with Crippen LogP contribution in [0.1, 0.15) is 37.3 Å². The summed E-state index contributed by atoms with van der Waals surface area (Å²) < 4.78 is 0. The van der Waals surface area contributed by atoms with Gasteiger partial charge in [-0.15, -0.1) is 0 Å². The molecule has 2 aromatic carbocycles. The molecule has 6 nitrogen and oxygen atoms in total. The standard InChI is InChI=1S/C26H32N4O2/c1-17(2)30-16-19(13-25(30)31)26(32)28-14-22(18-9-11-20(12-10-18)29(3)4)23-15-27-24-8-6-5-7-21(23)24/h5-12,15,17,19,22,27H,13-14,16H2,1-4H3,(H,28,32). The highest BCUT2D eigenvalue weighted by molar-refractivity contribution is 5.89. The molecule has 2 heterocycles. The lowest BCUT2D eigenvalue weighted by atomic mass is 9.90. The number of aromatic nitrogens is 1. The summed E-state index contributed by atoms with van der Waals surface area (Å²) in [5.41, 5.74) is 4.52. The maximum atomic E-state index is 13.0. The molecule has 0 saturated carbocycles. The van der Waals surface area contributed by atoms with E-state index >= 15 is 0 Å². The monoisotopic (exact) mass is 432 g/mol. The maximum absolute atomic E-state index is 13.0. The highest BCUT2D eigenvalue weighted by Crippen LogP contribution is 2.31. The number of anilines is 1. The second kappa shape index (κ2) is 9.07. The summed E-state index contributed by atoms with van der Waals surface area (Å²) >= 11 is 0. The van der Waals surface area contributed by atoms with Gasteiger partial charge in [-0.05, 0) is 43.2 Å². The van der Waals surface area contributed by atoms with E-state index in [0.717, 1.165) is 27.7 Å². The molecule has 1 aromatic heterocycles. The van der Waals surface area contributed by atoms with Crippen LogP contribution in [0.25, 0.3) is 10.9 Å². The Morgan fingerprint density at radius 3 is 2.53 bits per heavy atom. The SMILES string of the molecule is CC(C)N1CC(C(=O)NCC(c2ccc(N(C)C)cc2)c2c[nH]c3ccccc23)CC1=O. The Morgan fingerprint density at radius 2 is 1.88 bits per heavy atom. The van der Waals surface area contributed by atoms with Crippen molar-refractivity contribution in [1.82, 2.24) is 15.2 Å². The number of likely N-dealkylation sites (tertiary alicyclic amines) is 1. The van der Waals surface area contributed by atoms with Gasteiger partial charge in [-0.3, -0.25) is 9.59 Å². The van der Waals surface area contributed by atoms with Gasteiger partial charge in [0, 0.05) is 68.4 Å². The van der Waals surface area contributed by atoms with Gasteiger partial charge in [-0.25, -0.2) is 0 Å². The number of amides is 2. The summed E-state index contributed by atoms with van der Waals surface area (Å²) in [4.78, 5) is 32.4. The summed E-state index contributed by atoms with van der Waals surface area (Å²) in [5.74, 6) is -0.266. The fourth-order valence-electron chi connectivity index (χ4n) is 4.55. The maximum Gasteiger partial charge on any atom is 0.225 e. The number of carbonyl (C=O) groups excluding carboxylic acids is 2. The second-order valence-corrected chi connectivity index (χ2v) is 9.11. The van der Waals surface area contributed by atoms with E-state index < -0.39 is 0 Å². The zero-order valence-corrected chi connectivity index (χ0v) is 19.3. The molecule has 0 aliphatic carbocycles. The molecular formula is C26H32N4O2. The molecule has 6 heteroatoms. The van der Waals surface area contributed by atoms with Crippen LogP contribution in [-0.4, -0.2) is 54.9 Å². The van der Waals surface area contributed by atoms with Gasteiger partial charge in [0.25, 0.3) is 0 Å². The van der Waals surface area contributed by atoms with E-state index in [2.05, 4.69) is 51.6 Å². The number of hydrogen-bond donors (Lipinski definition) is 2. The van der Waals surface area contributed by atoms with Crippen LogP contribution in [0.5, 0.6) is 0 Å². The number of hydrogen-bond acceptors (Lipinski definition) is 3. The minimum absolute atomic E-state index is 0.00428. The van der Waals surface area contributed by atoms with Gasteiger partial charge in [0.05, 0.1) is 5.92 Å². The fourth-order valence-corrected chi connectivity index (χ4v) is 4.55. The predicted molar refractivity (Wildman–Crippen MR) is 129 cm³/mol. The minimum atomic E-state index is -0.287. The van der Waals surface area contributed by atoms with Gasteiger partial charge >= 0.3 is 0 Å². The van der Waals surface area contributed by atoms with Crippen molar-refractivity contribution in [3.8, 4) is 0 Å². The summed E-state index contributed by atoms with van der Waals surface area (Å²) in [7, 11) is 4.05. The fraction of sp³-hybridized carbons (Fsp3) is 0.385. The van der Waals surface area contributed by atoms with Crippen LogP contribution in [0.2, 0.25) is 0 Å². The van der Waals surface area contributed by atoms with Gasteiger partial charge in [-0.2, -0.15) is 0 Å². The first-order valence-electron chi connectivity index (χ1n) is 11.3. The van der Waals surface area contributed by atoms with Gasteiger partial charge in [0.1, 0.15) is 0 Å². The van der Waals surface area contributed by atoms with E-state index in [-0.39, 0.29) is 29.7 Å². The molecule has 4 rings (SSSR count). The van der Waals surface area contributed by atoms with Crippen molar-refractivity contribution in [2.45, 2.75) is 32.2 Å². The largest absolute Gasteiger partial charge is 0.378 e. The Morgan fingerprint density at radius 1 is 1.16 bits per heavy atom. The van der Waals surface area contributed by atoms with Crippen LogP contribution >= 0.6 is 0 Å². The molecule has 1 fully saturated rings. The number of nitrogens with one attached hydrogen (secondary N) is 2. The number of carbonyl (C=O) groups is 2. The molecule has 168 valence electrons.